The summed E-state index contributed by atoms with van der Waals surface area (Å²) in [7, 11) is 0. The van der Waals surface area contributed by atoms with Gasteiger partial charge in [0.15, 0.2) is 0 Å². The van der Waals surface area contributed by atoms with Crippen molar-refractivity contribution in [3.05, 3.63) is 70.3 Å². The van der Waals surface area contributed by atoms with E-state index in [4.69, 9.17) is 4.74 Å². The molecule has 0 atom stereocenters. The van der Waals surface area contributed by atoms with E-state index >= 15 is 0 Å². The summed E-state index contributed by atoms with van der Waals surface area (Å²) < 4.78 is 5.41. The van der Waals surface area contributed by atoms with Gasteiger partial charge in [0.25, 0.3) is 5.56 Å². The third-order valence-corrected chi connectivity index (χ3v) is 3.24. The van der Waals surface area contributed by atoms with Gasteiger partial charge in [-0.15, -0.1) is 0 Å². The first-order valence-corrected chi connectivity index (χ1v) is 7.16. The summed E-state index contributed by atoms with van der Waals surface area (Å²) in [5.74, 6) is 1.21. The van der Waals surface area contributed by atoms with E-state index in [9.17, 15) is 4.79 Å². The van der Waals surface area contributed by atoms with Crippen LogP contribution in [0.4, 0.5) is 0 Å². The molecule has 3 rings (SSSR count). The highest BCUT2D eigenvalue weighted by atomic mass is 16.5. The second-order valence-corrected chi connectivity index (χ2v) is 4.81. The van der Waals surface area contributed by atoms with Crippen LogP contribution >= 0.6 is 0 Å². The Balaban J connectivity index is 1.97. The monoisotopic (exact) mass is 292 g/mol. The maximum atomic E-state index is 12.2. The van der Waals surface area contributed by atoms with Crippen molar-refractivity contribution in [1.29, 1.82) is 0 Å². The van der Waals surface area contributed by atoms with Crippen LogP contribution in [0.15, 0.2) is 53.3 Å². The minimum Gasteiger partial charge on any atom is -0.494 e. The Labute approximate surface area is 128 Å². The first-order valence-electron chi connectivity index (χ1n) is 7.16. The van der Waals surface area contributed by atoms with E-state index in [0.717, 1.165) is 5.56 Å². The number of nitrogens with one attached hydrogen (secondary N) is 1. The van der Waals surface area contributed by atoms with E-state index in [2.05, 4.69) is 9.97 Å². The van der Waals surface area contributed by atoms with Crippen molar-refractivity contribution in [3.8, 4) is 5.75 Å². The number of aromatic amines is 1. The molecule has 0 fully saturated rings. The molecule has 0 aliphatic rings. The summed E-state index contributed by atoms with van der Waals surface area (Å²) in [5.41, 5.74) is 1.54. The first-order chi connectivity index (χ1) is 10.8. The van der Waals surface area contributed by atoms with Gasteiger partial charge in [-0.1, -0.05) is 36.4 Å². The highest BCUT2D eigenvalue weighted by molar-refractivity contribution is 5.80. The number of H-pyrrole nitrogens is 1. The van der Waals surface area contributed by atoms with Crippen LogP contribution in [0.2, 0.25) is 0 Å². The number of hydrogen-bond donors (Lipinski definition) is 1. The minimum atomic E-state index is -0.167. The molecule has 1 aromatic heterocycles. The summed E-state index contributed by atoms with van der Waals surface area (Å²) in [6, 6.07) is 15.2. The van der Waals surface area contributed by atoms with Gasteiger partial charge in [0.1, 0.15) is 11.6 Å². The average Bonchev–Trinajstić information content (AvgIpc) is 2.55. The number of rotatable bonds is 4. The van der Waals surface area contributed by atoms with Gasteiger partial charge >= 0.3 is 0 Å². The zero-order chi connectivity index (χ0) is 15.4. The van der Waals surface area contributed by atoms with E-state index < -0.39 is 0 Å². The van der Waals surface area contributed by atoms with Crippen molar-refractivity contribution >= 4 is 23.1 Å². The van der Waals surface area contributed by atoms with E-state index in [1.165, 1.54) is 0 Å². The Morgan fingerprint density at radius 2 is 1.95 bits per heavy atom. The number of aromatic nitrogens is 2. The molecule has 4 heteroatoms. The van der Waals surface area contributed by atoms with Crippen LogP contribution in [-0.2, 0) is 0 Å². The summed E-state index contributed by atoms with van der Waals surface area (Å²) in [4.78, 5) is 19.4. The van der Waals surface area contributed by atoms with Crippen LogP contribution < -0.4 is 10.3 Å². The Hall–Kier alpha value is -2.88. The SMILES string of the molecule is CCOc1ccc2nc(/C=C/c3ccccc3)[nH]c(=O)c2c1. The van der Waals surface area contributed by atoms with Gasteiger partial charge in [-0.2, -0.15) is 0 Å². The van der Waals surface area contributed by atoms with Crippen LogP contribution in [0.3, 0.4) is 0 Å². The maximum Gasteiger partial charge on any atom is 0.259 e. The fourth-order valence-corrected chi connectivity index (χ4v) is 2.21. The largest absolute Gasteiger partial charge is 0.494 e. The van der Waals surface area contributed by atoms with Crippen molar-refractivity contribution in [2.45, 2.75) is 6.92 Å². The van der Waals surface area contributed by atoms with Crippen LogP contribution in [0, 0.1) is 0 Å². The third kappa shape index (κ3) is 3.06. The normalized spacial score (nSPS) is 11.1. The van der Waals surface area contributed by atoms with Gasteiger partial charge in [0.05, 0.1) is 17.5 Å². The first kappa shape index (κ1) is 14.1. The Morgan fingerprint density at radius 1 is 1.14 bits per heavy atom. The van der Waals surface area contributed by atoms with Crippen molar-refractivity contribution < 1.29 is 4.74 Å². The molecule has 3 aromatic rings. The lowest BCUT2D eigenvalue weighted by Crippen LogP contribution is -2.09. The fourth-order valence-electron chi connectivity index (χ4n) is 2.21. The molecular weight excluding hydrogens is 276 g/mol. The molecule has 1 N–H and O–H groups in total. The predicted molar refractivity (Wildman–Crippen MR) is 88.9 cm³/mol. The quantitative estimate of drug-likeness (QED) is 0.800. The van der Waals surface area contributed by atoms with E-state index in [-0.39, 0.29) is 5.56 Å². The highest BCUT2D eigenvalue weighted by Crippen LogP contribution is 2.17. The van der Waals surface area contributed by atoms with Crippen molar-refractivity contribution in [3.63, 3.8) is 0 Å². The predicted octanol–water partition coefficient (Wildman–Crippen LogP) is 3.49. The molecular formula is C18H16N2O2. The smallest absolute Gasteiger partial charge is 0.259 e. The molecule has 0 saturated carbocycles. The fraction of sp³-hybridized carbons (Fsp3) is 0.111. The highest BCUT2D eigenvalue weighted by Gasteiger charge is 2.04. The van der Waals surface area contributed by atoms with Crippen molar-refractivity contribution in [1.82, 2.24) is 9.97 Å². The second kappa shape index (κ2) is 6.26. The van der Waals surface area contributed by atoms with Crippen LogP contribution in [0.1, 0.15) is 18.3 Å². The zero-order valence-corrected chi connectivity index (χ0v) is 12.2. The van der Waals surface area contributed by atoms with Crippen LogP contribution in [0.5, 0.6) is 5.75 Å². The molecule has 0 saturated heterocycles. The second-order valence-electron chi connectivity index (χ2n) is 4.81. The third-order valence-electron chi connectivity index (χ3n) is 3.24. The van der Waals surface area contributed by atoms with Crippen molar-refractivity contribution in [2.75, 3.05) is 6.61 Å². The number of nitrogens with zero attached hydrogens (tertiary/aromatic N) is 1. The molecule has 0 aliphatic heterocycles. The topological polar surface area (TPSA) is 55.0 Å². The standard InChI is InChI=1S/C18H16N2O2/c1-2-22-14-9-10-16-15(12-14)18(21)20-17(19-16)11-8-13-6-4-3-5-7-13/h3-12H,2H2,1H3,(H,19,20,21)/b11-8+. The van der Waals surface area contributed by atoms with Crippen LogP contribution in [-0.4, -0.2) is 16.6 Å². The zero-order valence-electron chi connectivity index (χ0n) is 12.2. The van der Waals surface area contributed by atoms with Crippen LogP contribution in [0.25, 0.3) is 23.1 Å². The van der Waals surface area contributed by atoms with E-state index in [0.29, 0.717) is 29.1 Å². The number of ether oxygens (including phenoxy) is 1. The van der Waals surface area contributed by atoms with Gasteiger partial charge in [-0.25, -0.2) is 4.98 Å². The number of benzene rings is 2. The molecule has 0 bridgehead atoms. The summed E-state index contributed by atoms with van der Waals surface area (Å²) in [6.45, 7) is 2.47. The Kier molecular flexibility index (Phi) is 4.01. The average molecular weight is 292 g/mol. The van der Waals surface area contributed by atoms with E-state index in [1.807, 2.05) is 49.4 Å². The maximum absolute atomic E-state index is 12.2. The molecule has 4 nitrogen and oxygen atoms in total. The summed E-state index contributed by atoms with van der Waals surface area (Å²) in [6.07, 6.45) is 3.71. The summed E-state index contributed by atoms with van der Waals surface area (Å²) >= 11 is 0. The molecule has 0 amide bonds. The lowest BCUT2D eigenvalue weighted by molar-refractivity contribution is 0.340. The van der Waals surface area contributed by atoms with E-state index in [1.54, 1.807) is 18.2 Å². The molecule has 0 unspecified atom stereocenters. The number of fused-ring (bicyclic) bond motifs is 1. The van der Waals surface area contributed by atoms with Crippen molar-refractivity contribution in [2.24, 2.45) is 0 Å². The molecule has 110 valence electrons. The molecule has 1 heterocycles. The molecule has 22 heavy (non-hydrogen) atoms. The van der Waals surface area contributed by atoms with Gasteiger partial charge in [0.2, 0.25) is 0 Å². The molecule has 0 radical (unpaired) electrons. The molecule has 0 spiro atoms. The molecule has 0 aliphatic carbocycles. The number of hydrogen-bond acceptors (Lipinski definition) is 3. The molecule has 2 aromatic carbocycles. The van der Waals surface area contributed by atoms with Gasteiger partial charge < -0.3 is 9.72 Å². The van der Waals surface area contributed by atoms with Gasteiger partial charge in [-0.3, -0.25) is 4.79 Å². The van der Waals surface area contributed by atoms with Gasteiger partial charge in [-0.05, 0) is 36.8 Å². The summed E-state index contributed by atoms with van der Waals surface area (Å²) in [5, 5.41) is 0.530. The lowest BCUT2D eigenvalue weighted by atomic mass is 10.2. The Bertz CT molecular complexity index is 867. The lowest BCUT2D eigenvalue weighted by Gasteiger charge is -2.04. The Morgan fingerprint density at radius 3 is 2.73 bits per heavy atom. The minimum absolute atomic E-state index is 0.167. The van der Waals surface area contributed by atoms with Gasteiger partial charge in [0, 0.05) is 0 Å².